The minimum atomic E-state index is 0.163. The molecule has 0 saturated carbocycles. The second kappa shape index (κ2) is 7.48. The standard InChI is InChI=1S/C16H19ClN4S/c1-12(15(11-18)16(19)22)20-6-3-7-21(9-8-20)14-5-2-4-13(17)10-14/h2,4-5,10H,3,6-9H2,1H3,(H2,19,22)/b15-12-. The first-order valence-corrected chi connectivity index (χ1v) is 7.98. The summed E-state index contributed by atoms with van der Waals surface area (Å²) in [6.45, 7) is 5.45. The molecule has 2 rings (SSSR count). The Morgan fingerprint density at radius 2 is 2.09 bits per heavy atom. The van der Waals surface area contributed by atoms with Crippen LogP contribution in [0.3, 0.4) is 0 Å². The van der Waals surface area contributed by atoms with Crippen LogP contribution in [0.2, 0.25) is 5.02 Å². The van der Waals surface area contributed by atoms with Gasteiger partial charge in [0.2, 0.25) is 0 Å². The van der Waals surface area contributed by atoms with Gasteiger partial charge in [-0.2, -0.15) is 5.26 Å². The lowest BCUT2D eigenvalue weighted by Crippen LogP contribution is -2.31. The Labute approximate surface area is 141 Å². The molecule has 1 fully saturated rings. The number of nitriles is 1. The second-order valence-corrected chi connectivity index (χ2v) is 6.12. The van der Waals surface area contributed by atoms with Crippen molar-refractivity contribution in [2.24, 2.45) is 5.73 Å². The molecule has 1 aromatic carbocycles. The number of nitrogens with zero attached hydrogens (tertiary/aromatic N) is 3. The normalized spacial score (nSPS) is 16.6. The van der Waals surface area contributed by atoms with Crippen molar-refractivity contribution in [3.63, 3.8) is 0 Å². The molecule has 0 atom stereocenters. The van der Waals surface area contributed by atoms with Gasteiger partial charge in [0.05, 0.1) is 0 Å². The van der Waals surface area contributed by atoms with Crippen molar-refractivity contribution in [3.05, 3.63) is 40.6 Å². The number of benzene rings is 1. The number of hydrogen-bond acceptors (Lipinski definition) is 4. The van der Waals surface area contributed by atoms with Gasteiger partial charge in [-0.3, -0.25) is 0 Å². The summed E-state index contributed by atoms with van der Waals surface area (Å²) in [7, 11) is 0. The molecule has 1 aliphatic rings. The lowest BCUT2D eigenvalue weighted by atomic mass is 10.2. The third-order valence-electron chi connectivity index (χ3n) is 3.86. The van der Waals surface area contributed by atoms with Crippen LogP contribution < -0.4 is 10.6 Å². The zero-order valence-electron chi connectivity index (χ0n) is 12.6. The van der Waals surface area contributed by atoms with Gasteiger partial charge in [0, 0.05) is 42.6 Å². The van der Waals surface area contributed by atoms with E-state index in [1.807, 2.05) is 25.1 Å². The summed E-state index contributed by atoms with van der Waals surface area (Å²) in [4.78, 5) is 4.66. The molecule has 0 spiro atoms. The molecule has 1 heterocycles. The smallest absolute Gasteiger partial charge is 0.116 e. The summed E-state index contributed by atoms with van der Waals surface area (Å²) in [6.07, 6.45) is 1.000. The lowest BCUT2D eigenvalue weighted by Gasteiger charge is -2.26. The molecular formula is C16H19ClN4S. The number of hydrogen-bond donors (Lipinski definition) is 1. The van der Waals surface area contributed by atoms with Gasteiger partial charge in [-0.1, -0.05) is 29.9 Å². The predicted octanol–water partition coefficient (Wildman–Crippen LogP) is 2.94. The molecule has 1 aromatic rings. The summed E-state index contributed by atoms with van der Waals surface area (Å²) in [5, 5.41) is 9.95. The van der Waals surface area contributed by atoms with Crippen molar-refractivity contribution < 1.29 is 0 Å². The summed E-state index contributed by atoms with van der Waals surface area (Å²) in [5.74, 6) is 0. The lowest BCUT2D eigenvalue weighted by molar-refractivity contribution is 0.369. The minimum absolute atomic E-state index is 0.163. The molecule has 0 aromatic heterocycles. The van der Waals surface area contributed by atoms with Crippen LogP contribution in [0.25, 0.3) is 0 Å². The van der Waals surface area contributed by atoms with Crippen molar-refractivity contribution in [1.29, 1.82) is 5.26 Å². The molecule has 0 amide bonds. The Morgan fingerprint density at radius 3 is 2.73 bits per heavy atom. The largest absolute Gasteiger partial charge is 0.389 e. The fourth-order valence-electron chi connectivity index (χ4n) is 2.66. The molecule has 22 heavy (non-hydrogen) atoms. The first-order valence-electron chi connectivity index (χ1n) is 7.19. The van der Waals surface area contributed by atoms with E-state index >= 15 is 0 Å². The number of allylic oxidation sites excluding steroid dienone is 1. The van der Waals surface area contributed by atoms with E-state index in [0.717, 1.165) is 49.0 Å². The van der Waals surface area contributed by atoms with E-state index < -0.39 is 0 Å². The molecule has 1 saturated heterocycles. The number of rotatable bonds is 3. The average Bonchev–Trinajstić information content (AvgIpc) is 2.73. The van der Waals surface area contributed by atoms with Crippen LogP contribution in [0.5, 0.6) is 0 Å². The van der Waals surface area contributed by atoms with E-state index in [9.17, 15) is 5.26 Å². The topological polar surface area (TPSA) is 56.3 Å². The molecule has 2 N–H and O–H groups in total. The van der Waals surface area contributed by atoms with Gasteiger partial charge < -0.3 is 15.5 Å². The summed E-state index contributed by atoms with van der Waals surface area (Å²) < 4.78 is 0. The second-order valence-electron chi connectivity index (χ2n) is 5.24. The van der Waals surface area contributed by atoms with E-state index in [4.69, 9.17) is 29.6 Å². The van der Waals surface area contributed by atoms with Gasteiger partial charge in [-0.05, 0) is 31.5 Å². The number of thiocarbonyl (C=S) groups is 1. The molecule has 4 nitrogen and oxygen atoms in total. The monoisotopic (exact) mass is 334 g/mol. The fraction of sp³-hybridized carbons (Fsp3) is 0.375. The number of halogens is 1. The summed E-state index contributed by atoms with van der Waals surface area (Å²) in [5.41, 5.74) is 8.03. The van der Waals surface area contributed by atoms with Crippen LogP contribution in [0.15, 0.2) is 35.5 Å². The Morgan fingerprint density at radius 1 is 1.32 bits per heavy atom. The van der Waals surface area contributed by atoms with Gasteiger partial charge in [0.25, 0.3) is 0 Å². The van der Waals surface area contributed by atoms with Crippen molar-refractivity contribution >= 4 is 34.5 Å². The predicted molar refractivity (Wildman–Crippen MR) is 95.0 cm³/mol. The Kier molecular flexibility index (Phi) is 5.64. The Balaban J connectivity index is 2.13. The van der Waals surface area contributed by atoms with Crippen LogP contribution in [-0.2, 0) is 0 Å². The first kappa shape index (κ1) is 16.6. The van der Waals surface area contributed by atoms with Gasteiger partial charge in [-0.15, -0.1) is 0 Å². The molecule has 0 aliphatic carbocycles. The van der Waals surface area contributed by atoms with E-state index in [1.54, 1.807) is 0 Å². The highest BCUT2D eigenvalue weighted by Crippen LogP contribution is 2.22. The Bertz CT molecular complexity index is 635. The van der Waals surface area contributed by atoms with Crippen molar-refractivity contribution in [3.8, 4) is 6.07 Å². The SMILES string of the molecule is C/C(=C(\C#N)C(N)=S)N1CCCN(c2cccc(Cl)c2)CC1. The van der Waals surface area contributed by atoms with E-state index in [-0.39, 0.29) is 4.99 Å². The quantitative estimate of drug-likeness (QED) is 0.523. The van der Waals surface area contributed by atoms with E-state index in [2.05, 4.69) is 21.9 Å². The molecule has 0 radical (unpaired) electrons. The number of nitrogens with two attached hydrogens (primary N) is 1. The molecule has 0 bridgehead atoms. The molecule has 6 heteroatoms. The third-order valence-corrected chi connectivity index (χ3v) is 4.30. The zero-order chi connectivity index (χ0) is 16.1. The molecule has 116 valence electrons. The fourth-order valence-corrected chi connectivity index (χ4v) is 3.03. The van der Waals surface area contributed by atoms with E-state index in [0.29, 0.717) is 5.57 Å². The van der Waals surface area contributed by atoms with Gasteiger partial charge in [-0.25, -0.2) is 0 Å². The van der Waals surface area contributed by atoms with Crippen molar-refractivity contribution in [2.45, 2.75) is 13.3 Å². The summed E-state index contributed by atoms with van der Waals surface area (Å²) >= 11 is 11.0. The minimum Gasteiger partial charge on any atom is -0.389 e. The average molecular weight is 335 g/mol. The third kappa shape index (κ3) is 3.90. The van der Waals surface area contributed by atoms with Crippen LogP contribution in [-0.4, -0.2) is 36.1 Å². The molecular weight excluding hydrogens is 316 g/mol. The zero-order valence-corrected chi connectivity index (χ0v) is 14.1. The van der Waals surface area contributed by atoms with Gasteiger partial charge >= 0.3 is 0 Å². The van der Waals surface area contributed by atoms with E-state index in [1.165, 1.54) is 0 Å². The summed E-state index contributed by atoms with van der Waals surface area (Å²) in [6, 6.07) is 10.0. The van der Waals surface area contributed by atoms with Crippen molar-refractivity contribution in [1.82, 2.24) is 4.90 Å². The van der Waals surface area contributed by atoms with Crippen LogP contribution in [0, 0.1) is 11.3 Å². The molecule has 0 unspecified atom stereocenters. The maximum absolute atomic E-state index is 9.20. The van der Waals surface area contributed by atoms with Crippen LogP contribution >= 0.6 is 23.8 Å². The highest BCUT2D eigenvalue weighted by molar-refractivity contribution is 7.80. The Hall–Kier alpha value is -1.77. The van der Waals surface area contributed by atoms with Crippen LogP contribution in [0.1, 0.15) is 13.3 Å². The van der Waals surface area contributed by atoms with Gasteiger partial charge in [0.15, 0.2) is 0 Å². The van der Waals surface area contributed by atoms with Crippen molar-refractivity contribution in [2.75, 3.05) is 31.1 Å². The highest BCUT2D eigenvalue weighted by Gasteiger charge is 2.18. The first-order chi connectivity index (χ1) is 10.5. The maximum atomic E-state index is 9.20. The maximum Gasteiger partial charge on any atom is 0.116 e. The number of anilines is 1. The highest BCUT2D eigenvalue weighted by atomic mass is 35.5. The van der Waals surface area contributed by atoms with Crippen LogP contribution in [0.4, 0.5) is 5.69 Å². The molecule has 1 aliphatic heterocycles. The van der Waals surface area contributed by atoms with Gasteiger partial charge in [0.1, 0.15) is 16.6 Å².